The average Bonchev–Trinajstić information content (AvgIpc) is 3.15. The first-order valence-corrected chi connectivity index (χ1v) is 10.7. The average molecular weight is 424 g/mol. The standard InChI is InChI=1S/C21H20N4O4S/c1-11-8-16-17(24-21(27)20(26)23-16)9-18(11)30(28,29)25-15-6-12(2)19(13(3)7-15)14-4-5-22-10-14/h4-10,22,25H,1-3H3,(H,23,26)(H,24,27). The van der Waals surface area contributed by atoms with Gasteiger partial charge in [0, 0.05) is 18.1 Å². The highest BCUT2D eigenvalue weighted by atomic mass is 32.2. The predicted octanol–water partition coefficient (Wildman–Crippen LogP) is 2.94. The van der Waals surface area contributed by atoms with Crippen LogP contribution in [0.15, 0.2) is 57.2 Å². The third kappa shape index (κ3) is 3.43. The Bertz CT molecular complexity index is 1470. The van der Waals surface area contributed by atoms with Crippen LogP contribution in [0.5, 0.6) is 0 Å². The van der Waals surface area contributed by atoms with Gasteiger partial charge in [-0.1, -0.05) is 0 Å². The molecule has 8 nitrogen and oxygen atoms in total. The molecule has 0 bridgehead atoms. The van der Waals surface area contributed by atoms with Crippen molar-refractivity contribution in [2.45, 2.75) is 25.7 Å². The van der Waals surface area contributed by atoms with E-state index in [9.17, 15) is 18.0 Å². The van der Waals surface area contributed by atoms with Crippen molar-refractivity contribution in [1.29, 1.82) is 0 Å². The number of hydrogen-bond acceptors (Lipinski definition) is 4. The number of rotatable bonds is 4. The van der Waals surface area contributed by atoms with Crippen molar-refractivity contribution in [1.82, 2.24) is 15.0 Å². The molecule has 2 heterocycles. The van der Waals surface area contributed by atoms with E-state index in [-0.39, 0.29) is 10.4 Å². The largest absolute Gasteiger partial charge is 0.367 e. The molecule has 4 aromatic rings. The lowest BCUT2D eigenvalue weighted by molar-refractivity contribution is 0.600. The SMILES string of the molecule is Cc1cc2[nH]c(=O)c(=O)[nH]c2cc1S(=O)(=O)Nc1cc(C)c(-c2cc[nH]c2)c(C)c1. The molecular formula is C21H20N4O4S. The summed E-state index contributed by atoms with van der Waals surface area (Å²) in [5, 5.41) is 0. The van der Waals surface area contributed by atoms with Crippen molar-refractivity contribution < 1.29 is 8.42 Å². The van der Waals surface area contributed by atoms with Crippen LogP contribution < -0.4 is 15.8 Å². The second-order valence-electron chi connectivity index (χ2n) is 7.26. The number of fused-ring (bicyclic) bond motifs is 1. The minimum Gasteiger partial charge on any atom is -0.367 e. The molecular weight excluding hydrogens is 404 g/mol. The summed E-state index contributed by atoms with van der Waals surface area (Å²) in [5.74, 6) is 0. The van der Waals surface area contributed by atoms with Gasteiger partial charge in [0.2, 0.25) is 0 Å². The monoisotopic (exact) mass is 424 g/mol. The first-order valence-electron chi connectivity index (χ1n) is 9.20. The van der Waals surface area contributed by atoms with Crippen LogP contribution in [0.2, 0.25) is 0 Å². The second kappa shape index (κ2) is 7.03. The second-order valence-corrected chi connectivity index (χ2v) is 8.91. The van der Waals surface area contributed by atoms with E-state index in [1.54, 1.807) is 19.1 Å². The number of benzene rings is 2. The van der Waals surface area contributed by atoms with Gasteiger partial charge in [-0.25, -0.2) is 8.42 Å². The minimum atomic E-state index is -3.93. The summed E-state index contributed by atoms with van der Waals surface area (Å²) in [6, 6.07) is 8.39. The molecule has 0 saturated carbocycles. The first-order chi connectivity index (χ1) is 14.2. The smallest absolute Gasteiger partial charge is 0.314 e. The third-order valence-corrected chi connectivity index (χ3v) is 6.50. The Morgan fingerprint density at radius 2 is 1.43 bits per heavy atom. The maximum Gasteiger partial charge on any atom is 0.314 e. The molecule has 0 unspecified atom stereocenters. The maximum absolute atomic E-state index is 13.1. The molecule has 4 rings (SSSR count). The fraction of sp³-hybridized carbons (Fsp3) is 0.143. The van der Waals surface area contributed by atoms with Gasteiger partial charge in [-0.15, -0.1) is 0 Å². The van der Waals surface area contributed by atoms with Gasteiger partial charge >= 0.3 is 11.1 Å². The Morgan fingerprint density at radius 3 is 2.00 bits per heavy atom. The molecule has 30 heavy (non-hydrogen) atoms. The van der Waals surface area contributed by atoms with E-state index in [0.29, 0.717) is 16.8 Å². The Balaban J connectivity index is 1.76. The molecule has 154 valence electrons. The molecule has 2 aromatic heterocycles. The number of aryl methyl sites for hydroxylation is 3. The van der Waals surface area contributed by atoms with Gasteiger partial charge in [0.25, 0.3) is 10.0 Å². The van der Waals surface area contributed by atoms with Gasteiger partial charge in [0.1, 0.15) is 0 Å². The fourth-order valence-electron chi connectivity index (χ4n) is 3.71. The van der Waals surface area contributed by atoms with Crippen molar-refractivity contribution in [3.63, 3.8) is 0 Å². The van der Waals surface area contributed by atoms with Gasteiger partial charge in [-0.05, 0) is 78.9 Å². The summed E-state index contributed by atoms with van der Waals surface area (Å²) in [6.07, 6.45) is 3.73. The number of aromatic nitrogens is 3. The zero-order chi connectivity index (χ0) is 21.6. The van der Waals surface area contributed by atoms with Crippen LogP contribution in [-0.4, -0.2) is 23.4 Å². The van der Waals surface area contributed by atoms with Crippen molar-refractivity contribution in [2.24, 2.45) is 0 Å². The van der Waals surface area contributed by atoms with Gasteiger partial charge in [0.05, 0.1) is 15.9 Å². The Morgan fingerprint density at radius 1 is 0.833 bits per heavy atom. The summed E-state index contributed by atoms with van der Waals surface area (Å²) in [4.78, 5) is 31.0. The highest BCUT2D eigenvalue weighted by Crippen LogP contribution is 2.31. The molecule has 0 aliphatic rings. The van der Waals surface area contributed by atoms with Crippen LogP contribution in [0, 0.1) is 20.8 Å². The zero-order valence-electron chi connectivity index (χ0n) is 16.6. The lowest BCUT2D eigenvalue weighted by Crippen LogP contribution is -2.29. The van der Waals surface area contributed by atoms with E-state index in [2.05, 4.69) is 19.7 Å². The normalized spacial score (nSPS) is 11.7. The van der Waals surface area contributed by atoms with Crippen LogP contribution in [0.25, 0.3) is 22.2 Å². The summed E-state index contributed by atoms with van der Waals surface area (Å²) < 4.78 is 28.8. The van der Waals surface area contributed by atoms with E-state index in [1.807, 2.05) is 32.3 Å². The molecule has 0 amide bonds. The quantitative estimate of drug-likeness (QED) is 0.376. The number of hydrogen-bond donors (Lipinski definition) is 4. The minimum absolute atomic E-state index is 0.0164. The lowest BCUT2D eigenvalue weighted by atomic mass is 9.97. The van der Waals surface area contributed by atoms with Crippen LogP contribution >= 0.6 is 0 Å². The van der Waals surface area contributed by atoms with Crippen LogP contribution in [0.4, 0.5) is 5.69 Å². The number of aromatic amines is 3. The fourth-order valence-corrected chi connectivity index (χ4v) is 5.00. The molecule has 0 saturated heterocycles. The van der Waals surface area contributed by atoms with Crippen molar-refractivity contribution in [2.75, 3.05) is 4.72 Å². The highest BCUT2D eigenvalue weighted by molar-refractivity contribution is 7.92. The number of nitrogens with one attached hydrogen (secondary N) is 4. The van der Waals surface area contributed by atoms with E-state index >= 15 is 0 Å². The third-order valence-electron chi connectivity index (χ3n) is 4.98. The van der Waals surface area contributed by atoms with Gasteiger partial charge in [-0.2, -0.15) is 0 Å². The van der Waals surface area contributed by atoms with E-state index in [0.717, 1.165) is 22.3 Å². The Kier molecular flexibility index (Phi) is 4.62. The topological polar surface area (TPSA) is 128 Å². The van der Waals surface area contributed by atoms with Gasteiger partial charge < -0.3 is 15.0 Å². The molecule has 0 atom stereocenters. The van der Waals surface area contributed by atoms with Crippen LogP contribution in [0.3, 0.4) is 0 Å². The molecule has 0 fully saturated rings. The van der Waals surface area contributed by atoms with Crippen LogP contribution in [0.1, 0.15) is 16.7 Å². The summed E-state index contributed by atoms with van der Waals surface area (Å²) in [5.41, 5.74) is 3.80. The summed E-state index contributed by atoms with van der Waals surface area (Å²) in [7, 11) is -3.93. The Hall–Kier alpha value is -3.59. The summed E-state index contributed by atoms with van der Waals surface area (Å²) in [6.45, 7) is 5.48. The van der Waals surface area contributed by atoms with Crippen LogP contribution in [-0.2, 0) is 10.0 Å². The molecule has 2 aromatic carbocycles. The zero-order valence-corrected chi connectivity index (χ0v) is 17.4. The van der Waals surface area contributed by atoms with Crippen molar-refractivity contribution in [3.05, 3.63) is 80.1 Å². The predicted molar refractivity (Wildman–Crippen MR) is 116 cm³/mol. The van der Waals surface area contributed by atoms with E-state index < -0.39 is 21.1 Å². The first kappa shape index (κ1) is 19.7. The van der Waals surface area contributed by atoms with Gasteiger partial charge in [-0.3, -0.25) is 14.3 Å². The highest BCUT2D eigenvalue weighted by Gasteiger charge is 2.20. The number of H-pyrrole nitrogens is 3. The molecule has 0 radical (unpaired) electrons. The van der Waals surface area contributed by atoms with Gasteiger partial charge in [0.15, 0.2) is 0 Å². The maximum atomic E-state index is 13.1. The molecule has 0 spiro atoms. The molecule has 0 aliphatic heterocycles. The molecule has 9 heteroatoms. The van der Waals surface area contributed by atoms with E-state index in [1.165, 1.54) is 12.1 Å². The van der Waals surface area contributed by atoms with Crippen molar-refractivity contribution in [3.8, 4) is 11.1 Å². The molecule has 0 aliphatic carbocycles. The van der Waals surface area contributed by atoms with E-state index in [4.69, 9.17) is 0 Å². The summed E-state index contributed by atoms with van der Waals surface area (Å²) >= 11 is 0. The number of sulfonamides is 1. The van der Waals surface area contributed by atoms with Crippen molar-refractivity contribution >= 4 is 26.7 Å². The Labute approximate surface area is 172 Å². The number of anilines is 1. The lowest BCUT2D eigenvalue weighted by Gasteiger charge is -2.15. The molecule has 4 N–H and O–H groups in total.